The third kappa shape index (κ3) is 3.97. The fourth-order valence-corrected chi connectivity index (χ4v) is 3.43. The Kier molecular flexibility index (Phi) is 4.82. The number of benzene rings is 1. The van der Waals surface area contributed by atoms with Crippen molar-refractivity contribution in [1.82, 2.24) is 20.0 Å². The van der Waals surface area contributed by atoms with Crippen LogP contribution in [-0.2, 0) is 0 Å². The van der Waals surface area contributed by atoms with Gasteiger partial charge >= 0.3 is 5.97 Å². The van der Waals surface area contributed by atoms with Gasteiger partial charge in [0.1, 0.15) is 5.69 Å². The van der Waals surface area contributed by atoms with Crippen LogP contribution < -0.4 is 5.32 Å². The summed E-state index contributed by atoms with van der Waals surface area (Å²) in [6, 6.07) is 11.6. The SMILES string of the molecule is O=C(O)c1ccnc(-c2cn(-c3cccc(NC4CCCCC4)c3)nn2)c1. The summed E-state index contributed by atoms with van der Waals surface area (Å²) in [7, 11) is 0. The van der Waals surface area contributed by atoms with E-state index in [1.54, 1.807) is 10.9 Å². The Morgan fingerprint density at radius 2 is 1.96 bits per heavy atom. The molecular formula is C20H21N5O2. The first kappa shape index (κ1) is 17.2. The molecule has 0 aliphatic heterocycles. The van der Waals surface area contributed by atoms with Crippen LogP contribution in [0.25, 0.3) is 17.1 Å². The van der Waals surface area contributed by atoms with Crippen molar-refractivity contribution < 1.29 is 9.90 Å². The molecule has 7 heteroatoms. The largest absolute Gasteiger partial charge is 0.478 e. The molecule has 27 heavy (non-hydrogen) atoms. The lowest BCUT2D eigenvalue weighted by Gasteiger charge is -2.24. The number of nitrogens with zero attached hydrogens (tertiary/aromatic N) is 4. The highest BCUT2D eigenvalue weighted by molar-refractivity contribution is 5.88. The third-order valence-electron chi connectivity index (χ3n) is 4.85. The molecule has 3 aromatic rings. The highest BCUT2D eigenvalue weighted by Crippen LogP contribution is 2.23. The topological polar surface area (TPSA) is 92.9 Å². The Balaban J connectivity index is 1.55. The number of aromatic carboxylic acids is 1. The summed E-state index contributed by atoms with van der Waals surface area (Å²) in [5.41, 5.74) is 3.15. The average Bonchev–Trinajstić information content (AvgIpc) is 3.19. The molecule has 1 fully saturated rings. The van der Waals surface area contributed by atoms with Crippen LogP contribution in [0.5, 0.6) is 0 Å². The number of carboxylic acids is 1. The van der Waals surface area contributed by atoms with Gasteiger partial charge in [-0.15, -0.1) is 5.10 Å². The van der Waals surface area contributed by atoms with Gasteiger partial charge in [0.05, 0.1) is 23.1 Å². The maximum absolute atomic E-state index is 11.1. The fourth-order valence-electron chi connectivity index (χ4n) is 3.43. The molecule has 2 aromatic heterocycles. The van der Waals surface area contributed by atoms with Crippen LogP contribution in [-0.4, -0.2) is 37.1 Å². The van der Waals surface area contributed by atoms with Crippen LogP contribution >= 0.6 is 0 Å². The van der Waals surface area contributed by atoms with Gasteiger partial charge in [0, 0.05) is 17.9 Å². The van der Waals surface area contributed by atoms with Crippen LogP contribution in [0.15, 0.2) is 48.8 Å². The second kappa shape index (κ2) is 7.57. The van der Waals surface area contributed by atoms with Gasteiger partial charge < -0.3 is 10.4 Å². The zero-order valence-electron chi connectivity index (χ0n) is 14.9. The molecule has 0 unspecified atom stereocenters. The first-order valence-corrected chi connectivity index (χ1v) is 9.18. The quantitative estimate of drug-likeness (QED) is 0.717. The molecule has 1 aliphatic carbocycles. The van der Waals surface area contributed by atoms with E-state index >= 15 is 0 Å². The molecule has 1 aromatic carbocycles. The van der Waals surface area contributed by atoms with Crippen molar-refractivity contribution in [2.24, 2.45) is 0 Å². The minimum atomic E-state index is -0.993. The van der Waals surface area contributed by atoms with E-state index in [2.05, 4.69) is 26.7 Å². The standard InChI is InChI=1S/C20H21N5O2/c26-20(27)14-9-10-21-18(11-14)19-13-25(24-23-19)17-8-4-7-16(12-17)22-15-5-2-1-3-6-15/h4,7-13,15,22H,1-3,5-6H2,(H,26,27). The van der Waals surface area contributed by atoms with E-state index in [4.69, 9.17) is 5.11 Å². The Morgan fingerprint density at radius 3 is 2.78 bits per heavy atom. The minimum Gasteiger partial charge on any atom is -0.478 e. The highest BCUT2D eigenvalue weighted by Gasteiger charge is 2.14. The molecule has 0 saturated heterocycles. The van der Waals surface area contributed by atoms with Gasteiger partial charge in [-0.3, -0.25) is 4.98 Å². The Morgan fingerprint density at radius 1 is 1.11 bits per heavy atom. The van der Waals surface area contributed by atoms with Crippen molar-refractivity contribution in [2.75, 3.05) is 5.32 Å². The summed E-state index contributed by atoms with van der Waals surface area (Å²) < 4.78 is 1.68. The molecule has 138 valence electrons. The summed E-state index contributed by atoms with van der Waals surface area (Å²) in [5.74, 6) is -0.993. The van der Waals surface area contributed by atoms with Gasteiger partial charge in [0.25, 0.3) is 0 Å². The van der Waals surface area contributed by atoms with Crippen molar-refractivity contribution >= 4 is 11.7 Å². The summed E-state index contributed by atoms with van der Waals surface area (Å²) in [6.07, 6.45) is 9.54. The van der Waals surface area contributed by atoms with Crippen molar-refractivity contribution in [3.05, 3.63) is 54.4 Å². The normalized spacial score (nSPS) is 14.8. The zero-order valence-corrected chi connectivity index (χ0v) is 14.9. The number of rotatable bonds is 5. The molecule has 4 rings (SSSR count). The van der Waals surface area contributed by atoms with Crippen LogP contribution in [0, 0.1) is 0 Å². The molecular weight excluding hydrogens is 342 g/mol. The van der Waals surface area contributed by atoms with Crippen molar-refractivity contribution in [3.63, 3.8) is 0 Å². The second-order valence-corrected chi connectivity index (χ2v) is 6.81. The van der Waals surface area contributed by atoms with E-state index in [9.17, 15) is 4.79 Å². The number of hydrogen-bond acceptors (Lipinski definition) is 5. The zero-order chi connectivity index (χ0) is 18.6. The van der Waals surface area contributed by atoms with Gasteiger partial charge in [-0.2, -0.15) is 0 Å². The summed E-state index contributed by atoms with van der Waals surface area (Å²) in [6.45, 7) is 0. The van der Waals surface area contributed by atoms with E-state index < -0.39 is 5.97 Å². The smallest absolute Gasteiger partial charge is 0.335 e. The van der Waals surface area contributed by atoms with Gasteiger partial charge in [-0.1, -0.05) is 30.5 Å². The van der Waals surface area contributed by atoms with Gasteiger partial charge in [-0.05, 0) is 43.2 Å². The molecule has 1 saturated carbocycles. The Bertz CT molecular complexity index is 947. The highest BCUT2D eigenvalue weighted by atomic mass is 16.4. The molecule has 0 amide bonds. The van der Waals surface area contributed by atoms with E-state index in [-0.39, 0.29) is 5.56 Å². The Labute approximate surface area is 157 Å². The maximum Gasteiger partial charge on any atom is 0.335 e. The molecule has 1 aliphatic rings. The number of nitrogens with one attached hydrogen (secondary N) is 1. The van der Waals surface area contributed by atoms with Crippen molar-refractivity contribution in [3.8, 4) is 17.1 Å². The number of pyridine rings is 1. The molecule has 2 heterocycles. The van der Waals surface area contributed by atoms with Gasteiger partial charge in [0.15, 0.2) is 0 Å². The predicted octanol–water partition coefficient (Wildman–Crippen LogP) is 3.77. The summed E-state index contributed by atoms with van der Waals surface area (Å²) in [5, 5.41) is 21.1. The summed E-state index contributed by atoms with van der Waals surface area (Å²) in [4.78, 5) is 15.3. The third-order valence-corrected chi connectivity index (χ3v) is 4.85. The molecule has 7 nitrogen and oxygen atoms in total. The number of carboxylic acid groups (broad SMARTS) is 1. The lowest BCUT2D eigenvalue weighted by Crippen LogP contribution is -2.22. The first-order chi connectivity index (χ1) is 13.2. The van der Waals surface area contributed by atoms with E-state index in [0.717, 1.165) is 11.4 Å². The monoisotopic (exact) mass is 363 g/mol. The lowest BCUT2D eigenvalue weighted by molar-refractivity contribution is 0.0697. The van der Waals surface area contributed by atoms with E-state index in [0.29, 0.717) is 17.4 Å². The van der Waals surface area contributed by atoms with Crippen LogP contribution in [0.1, 0.15) is 42.5 Å². The van der Waals surface area contributed by atoms with E-state index in [1.165, 1.54) is 50.4 Å². The Hall–Kier alpha value is -3.22. The lowest BCUT2D eigenvalue weighted by atomic mass is 9.95. The molecule has 0 atom stereocenters. The molecule has 2 N–H and O–H groups in total. The number of hydrogen-bond donors (Lipinski definition) is 2. The molecule has 0 radical (unpaired) electrons. The molecule has 0 spiro atoms. The minimum absolute atomic E-state index is 0.174. The number of carbonyl (C=O) groups is 1. The fraction of sp³-hybridized carbons (Fsp3) is 0.300. The van der Waals surface area contributed by atoms with Crippen molar-refractivity contribution in [1.29, 1.82) is 0 Å². The predicted molar refractivity (Wildman–Crippen MR) is 102 cm³/mol. The van der Waals surface area contributed by atoms with Gasteiger partial charge in [-0.25, -0.2) is 9.48 Å². The number of anilines is 1. The van der Waals surface area contributed by atoms with Crippen LogP contribution in [0.2, 0.25) is 0 Å². The average molecular weight is 363 g/mol. The van der Waals surface area contributed by atoms with Gasteiger partial charge in [0.2, 0.25) is 0 Å². The molecule has 0 bridgehead atoms. The van der Waals surface area contributed by atoms with Crippen molar-refractivity contribution in [2.45, 2.75) is 38.1 Å². The maximum atomic E-state index is 11.1. The second-order valence-electron chi connectivity index (χ2n) is 6.81. The summed E-state index contributed by atoms with van der Waals surface area (Å²) >= 11 is 0. The number of aromatic nitrogens is 4. The van der Waals surface area contributed by atoms with Crippen LogP contribution in [0.3, 0.4) is 0 Å². The van der Waals surface area contributed by atoms with Crippen LogP contribution in [0.4, 0.5) is 5.69 Å². The first-order valence-electron chi connectivity index (χ1n) is 9.18. The van der Waals surface area contributed by atoms with E-state index in [1.807, 2.05) is 18.2 Å².